The third-order valence-electron chi connectivity index (χ3n) is 17.6. The van der Waals surface area contributed by atoms with Crippen LogP contribution < -0.4 is 25.6 Å². The van der Waals surface area contributed by atoms with Crippen LogP contribution in [0, 0.1) is 0 Å². The van der Waals surface area contributed by atoms with E-state index in [9.17, 15) is 0 Å². The lowest BCUT2D eigenvalue weighted by atomic mass is 9.45. The Morgan fingerprint density at radius 1 is 0.390 bits per heavy atom. The first-order valence-electron chi connectivity index (χ1n) is 30.0. The van der Waals surface area contributed by atoms with Gasteiger partial charge >= 0.3 is 6.85 Å². The minimum atomic E-state index is -0.214. The van der Waals surface area contributed by atoms with Gasteiger partial charge in [-0.05, 0) is 186 Å². The Kier molecular flexibility index (Phi) is 12.6. The molecule has 15 rings (SSSR count). The van der Waals surface area contributed by atoms with Gasteiger partial charge in [0, 0.05) is 83.6 Å². The summed E-state index contributed by atoms with van der Waals surface area (Å²) in [7, 11) is 0. The lowest BCUT2D eigenvalue weighted by molar-refractivity contribution is 0.669. The molecule has 0 aliphatic carbocycles. The van der Waals surface area contributed by atoms with E-state index in [0.29, 0.717) is 0 Å². The van der Waals surface area contributed by atoms with E-state index in [1.807, 2.05) is 0 Å². The molecule has 11 aromatic carbocycles. The summed E-state index contributed by atoms with van der Waals surface area (Å²) in [5.74, 6) is 0. The Balaban J connectivity index is 1.04. The van der Waals surface area contributed by atoms with Crippen molar-refractivity contribution in [2.75, 3.05) is 14.7 Å². The highest BCUT2D eigenvalue weighted by molar-refractivity contribution is 6.90. The molecule has 82 heavy (non-hydrogen) atoms. The van der Waals surface area contributed by atoms with Gasteiger partial charge in [0.25, 0.3) is 0 Å². The molecule has 0 saturated carbocycles. The fourth-order valence-corrected chi connectivity index (χ4v) is 13.6. The molecule has 2 aliphatic rings. The highest BCUT2D eigenvalue weighted by Gasteiger charge is 2.44. The minimum absolute atomic E-state index is 0.214. The number of nitrogens with zero attached hydrogens (tertiary/aromatic N) is 4. The zero-order valence-electron chi connectivity index (χ0n) is 47.1. The van der Waals surface area contributed by atoms with E-state index in [0.717, 1.165) is 92.4 Å². The van der Waals surface area contributed by atoms with Gasteiger partial charge in [0.2, 0.25) is 0 Å². The molecule has 0 N–H and O–H groups in total. The fourth-order valence-electron chi connectivity index (χ4n) is 13.6. The summed E-state index contributed by atoms with van der Waals surface area (Å²) in [6, 6.07) is 87.1. The molecule has 13 aromatic rings. The van der Waals surface area contributed by atoms with Crippen molar-refractivity contribution in [2.24, 2.45) is 0 Å². The number of para-hydroxylation sites is 4. The van der Waals surface area contributed by atoms with Gasteiger partial charge in [-0.2, -0.15) is 0 Å². The minimum Gasteiger partial charge on any atom is -0.454 e. The number of anilines is 9. The van der Waals surface area contributed by atoms with Gasteiger partial charge in [0.1, 0.15) is 5.58 Å². The number of unbranched alkanes of at least 4 members (excludes halogenated alkanes) is 3. The van der Waals surface area contributed by atoms with Crippen LogP contribution in [-0.2, 0) is 19.3 Å². The number of benzene rings is 11. The summed E-state index contributed by atoms with van der Waals surface area (Å²) in [5.41, 5.74) is 23.2. The van der Waals surface area contributed by atoms with Gasteiger partial charge in [0.05, 0.1) is 5.69 Å². The second kappa shape index (κ2) is 20.7. The largest absolute Gasteiger partial charge is 0.454 e. The Hall–Kier alpha value is -9.26. The normalized spacial score (nSPS) is 12.5. The second-order valence-electron chi connectivity index (χ2n) is 22.8. The van der Waals surface area contributed by atoms with E-state index in [1.165, 1.54) is 110 Å². The van der Waals surface area contributed by atoms with Crippen molar-refractivity contribution < 1.29 is 4.42 Å². The van der Waals surface area contributed by atoms with E-state index in [4.69, 9.17) is 4.42 Å². The third-order valence-corrected chi connectivity index (χ3v) is 17.6. The molecule has 2 aromatic heterocycles. The monoisotopic (exact) mass is 1060 g/mol. The van der Waals surface area contributed by atoms with Crippen molar-refractivity contribution in [3.63, 3.8) is 0 Å². The van der Waals surface area contributed by atoms with Gasteiger partial charge in [-0.15, -0.1) is 0 Å². The van der Waals surface area contributed by atoms with Gasteiger partial charge in [0.15, 0.2) is 5.58 Å². The fraction of sp³-hybridized carbons (Fsp3) is 0.158. The molecule has 0 atom stereocenters. The Morgan fingerprint density at radius 3 is 1.60 bits per heavy atom. The summed E-state index contributed by atoms with van der Waals surface area (Å²) in [5, 5.41) is 7.20. The molecule has 0 unspecified atom stereocenters. The Labute approximate surface area is 481 Å². The molecule has 0 saturated heterocycles. The van der Waals surface area contributed by atoms with Crippen molar-refractivity contribution in [3.8, 4) is 11.1 Å². The van der Waals surface area contributed by atoms with Crippen molar-refractivity contribution in [2.45, 2.75) is 78.6 Å². The number of aromatic nitrogens is 1. The summed E-state index contributed by atoms with van der Waals surface area (Å²) >= 11 is 0. The number of hydrogen-bond acceptors (Lipinski definition) is 4. The van der Waals surface area contributed by atoms with Crippen LogP contribution in [0.15, 0.2) is 235 Å². The molecule has 0 spiro atoms. The van der Waals surface area contributed by atoms with Crippen molar-refractivity contribution in [1.29, 1.82) is 0 Å². The first kappa shape index (κ1) is 49.8. The van der Waals surface area contributed by atoms with Crippen LogP contribution in [0.4, 0.5) is 51.2 Å². The summed E-state index contributed by atoms with van der Waals surface area (Å²) in [4.78, 5) is 7.49. The summed E-state index contributed by atoms with van der Waals surface area (Å²) < 4.78 is 9.80. The predicted molar refractivity (Wildman–Crippen MR) is 350 cm³/mol. The molecule has 0 bridgehead atoms. The molecule has 0 fully saturated rings. The van der Waals surface area contributed by atoms with Crippen LogP contribution in [0.5, 0.6) is 0 Å². The van der Waals surface area contributed by atoms with E-state index in [1.54, 1.807) is 0 Å². The lowest BCUT2D eigenvalue weighted by Crippen LogP contribution is -2.56. The lowest BCUT2D eigenvalue weighted by Gasteiger charge is -2.42. The number of furan rings is 1. The van der Waals surface area contributed by atoms with Crippen LogP contribution >= 0.6 is 0 Å². The molecule has 5 nitrogen and oxygen atoms in total. The van der Waals surface area contributed by atoms with Crippen molar-refractivity contribution >= 4 is 123 Å². The van der Waals surface area contributed by atoms with Crippen molar-refractivity contribution in [3.05, 3.63) is 247 Å². The molecule has 398 valence electrons. The summed E-state index contributed by atoms with van der Waals surface area (Å²) in [6.07, 6.45) is 10.2. The Bertz CT molecular complexity index is 4490. The maximum atomic E-state index is 7.09. The van der Waals surface area contributed by atoms with Crippen LogP contribution in [0.3, 0.4) is 0 Å². The predicted octanol–water partition coefficient (Wildman–Crippen LogP) is 20.2. The molecule has 4 heterocycles. The van der Waals surface area contributed by atoms with E-state index in [2.05, 4.69) is 270 Å². The Morgan fingerprint density at radius 2 is 0.939 bits per heavy atom. The standard InChI is InChI=1S/C76H65BN4O/c1-4-7-19-51-32-38-57(39-33-51)78(58-40-34-52(35-41-58)20-8-5-2)60-44-45-69-68(49-60)77-74-67(64-28-17-27-63-66-46-54-22-13-14-23-55(54)47-71(66)81(77)75(63)64)48-61(79(56-24-11-10-12-25-56)59-42-36-53(37-43-59)21-9-6-3)50-72(74)80(69)70-30-18-29-65-62-26-15-16-31-73(62)82-76(65)70/h10-18,22-50H,4-9,19-21H2,1-3H3. The number of fused-ring (bicyclic) bond motifs is 11. The quantitative estimate of drug-likeness (QED) is 0.0902. The van der Waals surface area contributed by atoms with E-state index < -0.39 is 0 Å². The third kappa shape index (κ3) is 8.29. The van der Waals surface area contributed by atoms with E-state index >= 15 is 0 Å². The SMILES string of the molecule is CCCCc1ccc(N(c2ccc(CCCC)cc2)c2ccc3c(c2)B2c4c(cc(N(c5ccccc5)c5ccc(CCCC)cc5)cc4N3c3cccc4c3oc3ccccc34)-c3cccc4c5cc6ccccc6cc5n2c34)cc1. The molecule has 0 radical (unpaired) electrons. The molecule has 6 heteroatoms. The topological polar surface area (TPSA) is 27.8 Å². The highest BCUT2D eigenvalue weighted by Crippen LogP contribution is 2.51. The zero-order valence-corrected chi connectivity index (χ0v) is 47.1. The van der Waals surface area contributed by atoms with Gasteiger partial charge in [-0.1, -0.05) is 167 Å². The number of rotatable bonds is 16. The van der Waals surface area contributed by atoms with Crippen LogP contribution in [0.2, 0.25) is 0 Å². The first-order valence-corrected chi connectivity index (χ1v) is 30.0. The van der Waals surface area contributed by atoms with Crippen LogP contribution in [0.1, 0.15) is 76.0 Å². The highest BCUT2D eigenvalue weighted by atomic mass is 16.3. The van der Waals surface area contributed by atoms with Gasteiger partial charge in [-0.25, -0.2) is 0 Å². The zero-order chi connectivity index (χ0) is 54.8. The van der Waals surface area contributed by atoms with Gasteiger partial charge < -0.3 is 23.6 Å². The second-order valence-corrected chi connectivity index (χ2v) is 22.8. The van der Waals surface area contributed by atoms with E-state index in [-0.39, 0.29) is 6.85 Å². The average Bonchev–Trinajstić information content (AvgIpc) is 2.02. The maximum Gasteiger partial charge on any atom is 0.333 e. The molecule has 2 aliphatic heterocycles. The smallest absolute Gasteiger partial charge is 0.333 e. The maximum absolute atomic E-state index is 7.09. The molecular weight excluding hydrogens is 996 g/mol. The van der Waals surface area contributed by atoms with Crippen LogP contribution in [-0.4, -0.2) is 11.3 Å². The number of aryl methyl sites for hydroxylation is 3. The van der Waals surface area contributed by atoms with Gasteiger partial charge in [-0.3, -0.25) is 0 Å². The molecule has 0 amide bonds. The number of hydrogen-bond donors (Lipinski definition) is 0. The summed E-state index contributed by atoms with van der Waals surface area (Å²) in [6.45, 7) is 6.61. The molecular formula is C76H65BN4O. The van der Waals surface area contributed by atoms with Crippen molar-refractivity contribution in [1.82, 2.24) is 4.48 Å². The first-order chi connectivity index (χ1) is 40.5. The van der Waals surface area contributed by atoms with Crippen LogP contribution in [0.25, 0.3) is 65.6 Å². The average molecular weight is 1060 g/mol.